The van der Waals surface area contributed by atoms with E-state index in [2.05, 4.69) is 16.6 Å². The maximum absolute atomic E-state index is 12.4. The van der Waals surface area contributed by atoms with E-state index in [0.717, 1.165) is 22.3 Å². The number of aliphatic hydroxyl groups is 1. The summed E-state index contributed by atoms with van der Waals surface area (Å²) in [6.07, 6.45) is 3.38. The topological polar surface area (TPSA) is 125 Å². The number of aliphatic hydroxyl groups excluding tert-OH is 1. The van der Waals surface area contributed by atoms with Crippen molar-refractivity contribution in [1.82, 2.24) is 10.6 Å². The number of fused-ring (bicyclic) bond motifs is 3. The lowest BCUT2D eigenvalue weighted by Gasteiger charge is -2.19. The summed E-state index contributed by atoms with van der Waals surface area (Å²) in [6.45, 7) is -0.0743. The number of aliphatic carboxylic acids is 1. The molecule has 3 rings (SSSR count). The normalized spacial score (nSPS) is 13.7. The standard InChI is InChI=1S/C25H26N2O6/c1-2-3-8-16(28)14-26-24(31)22(13-23(29)30)27-25(32)33-15-21-19-11-6-4-9-17(19)18-10-5-7-12-20(18)21/h1,4-7,9-12,16,21-22,28H,3,8,13-15H2,(H,26,31)(H,27,32)(H,29,30). The summed E-state index contributed by atoms with van der Waals surface area (Å²) in [4.78, 5) is 36.0. The molecule has 2 unspecified atom stereocenters. The van der Waals surface area contributed by atoms with Crippen LogP contribution in [0.2, 0.25) is 0 Å². The molecule has 0 aliphatic heterocycles. The fraction of sp³-hybridized carbons (Fsp3) is 0.320. The van der Waals surface area contributed by atoms with Crippen LogP contribution >= 0.6 is 0 Å². The van der Waals surface area contributed by atoms with Crippen molar-refractivity contribution >= 4 is 18.0 Å². The van der Waals surface area contributed by atoms with Crippen LogP contribution in [-0.2, 0) is 14.3 Å². The van der Waals surface area contributed by atoms with Crippen LogP contribution in [0, 0.1) is 12.3 Å². The molecule has 0 bridgehead atoms. The van der Waals surface area contributed by atoms with Gasteiger partial charge in [0.05, 0.1) is 12.5 Å². The Balaban J connectivity index is 1.60. The summed E-state index contributed by atoms with van der Waals surface area (Å²) in [6, 6.07) is 14.4. The van der Waals surface area contributed by atoms with Gasteiger partial charge in [0.1, 0.15) is 12.6 Å². The Kier molecular flexibility index (Phi) is 8.06. The fourth-order valence-corrected chi connectivity index (χ4v) is 3.86. The van der Waals surface area contributed by atoms with Crippen LogP contribution in [-0.4, -0.2) is 53.5 Å². The van der Waals surface area contributed by atoms with Crippen molar-refractivity contribution in [2.45, 2.75) is 37.3 Å². The number of amides is 2. The molecule has 33 heavy (non-hydrogen) atoms. The van der Waals surface area contributed by atoms with Gasteiger partial charge in [0, 0.05) is 18.9 Å². The minimum atomic E-state index is -1.35. The van der Waals surface area contributed by atoms with Gasteiger partial charge in [-0.25, -0.2) is 4.79 Å². The van der Waals surface area contributed by atoms with Gasteiger partial charge in [-0.2, -0.15) is 0 Å². The summed E-state index contributed by atoms with van der Waals surface area (Å²) >= 11 is 0. The monoisotopic (exact) mass is 450 g/mol. The first-order chi connectivity index (χ1) is 15.9. The largest absolute Gasteiger partial charge is 0.481 e. The number of rotatable bonds is 10. The highest BCUT2D eigenvalue weighted by Gasteiger charge is 2.30. The Morgan fingerprint density at radius 1 is 1.06 bits per heavy atom. The summed E-state index contributed by atoms with van der Waals surface area (Å²) in [7, 11) is 0. The van der Waals surface area contributed by atoms with Crippen molar-refractivity contribution in [2.24, 2.45) is 0 Å². The molecule has 1 aliphatic carbocycles. The number of hydrogen-bond acceptors (Lipinski definition) is 5. The minimum Gasteiger partial charge on any atom is -0.481 e. The van der Waals surface area contributed by atoms with Crippen molar-refractivity contribution < 1.29 is 29.3 Å². The van der Waals surface area contributed by atoms with Crippen LogP contribution < -0.4 is 10.6 Å². The van der Waals surface area contributed by atoms with E-state index in [1.807, 2.05) is 48.5 Å². The lowest BCUT2D eigenvalue weighted by Crippen LogP contribution is -2.49. The molecule has 8 heteroatoms. The number of benzene rings is 2. The molecular weight excluding hydrogens is 424 g/mol. The van der Waals surface area contributed by atoms with E-state index in [1.54, 1.807) is 0 Å². The van der Waals surface area contributed by atoms with E-state index in [-0.39, 0.29) is 19.1 Å². The van der Waals surface area contributed by atoms with E-state index in [9.17, 15) is 19.5 Å². The van der Waals surface area contributed by atoms with Crippen molar-refractivity contribution in [2.75, 3.05) is 13.2 Å². The Labute approximate surface area is 192 Å². The Bertz CT molecular complexity index is 1020. The van der Waals surface area contributed by atoms with Gasteiger partial charge in [-0.15, -0.1) is 12.3 Å². The molecule has 0 saturated heterocycles. The van der Waals surface area contributed by atoms with Crippen molar-refractivity contribution in [3.05, 3.63) is 59.7 Å². The van der Waals surface area contributed by atoms with E-state index >= 15 is 0 Å². The number of carbonyl (C=O) groups is 3. The van der Waals surface area contributed by atoms with Crippen LogP contribution in [0.1, 0.15) is 36.3 Å². The predicted molar refractivity (Wildman–Crippen MR) is 121 cm³/mol. The molecule has 4 N–H and O–H groups in total. The first-order valence-electron chi connectivity index (χ1n) is 10.6. The van der Waals surface area contributed by atoms with Crippen LogP contribution in [0.3, 0.4) is 0 Å². The molecule has 2 atom stereocenters. The second kappa shape index (κ2) is 11.2. The molecule has 1 aliphatic rings. The third kappa shape index (κ3) is 6.11. The number of ether oxygens (including phenoxy) is 1. The Morgan fingerprint density at radius 2 is 1.67 bits per heavy atom. The third-order valence-corrected chi connectivity index (χ3v) is 5.46. The molecule has 2 aromatic carbocycles. The van der Waals surface area contributed by atoms with E-state index in [1.165, 1.54) is 0 Å². The molecule has 0 radical (unpaired) electrons. The van der Waals surface area contributed by atoms with Gasteiger partial charge in [-0.05, 0) is 28.7 Å². The fourth-order valence-electron chi connectivity index (χ4n) is 3.86. The van der Waals surface area contributed by atoms with Gasteiger partial charge >= 0.3 is 12.1 Å². The maximum atomic E-state index is 12.4. The molecule has 0 fully saturated rings. The first kappa shape index (κ1) is 23.8. The van der Waals surface area contributed by atoms with E-state index < -0.39 is 36.5 Å². The average molecular weight is 450 g/mol. The lowest BCUT2D eigenvalue weighted by molar-refractivity contribution is -0.139. The van der Waals surface area contributed by atoms with Crippen LogP contribution in [0.5, 0.6) is 0 Å². The van der Waals surface area contributed by atoms with Crippen LogP contribution in [0.4, 0.5) is 4.79 Å². The predicted octanol–water partition coefficient (Wildman–Crippen LogP) is 2.26. The van der Waals surface area contributed by atoms with E-state index in [4.69, 9.17) is 16.3 Å². The summed E-state index contributed by atoms with van der Waals surface area (Å²) in [5.74, 6) is 0.228. The highest BCUT2D eigenvalue weighted by atomic mass is 16.5. The van der Waals surface area contributed by atoms with Gasteiger partial charge < -0.3 is 25.6 Å². The second-order valence-corrected chi connectivity index (χ2v) is 7.76. The molecule has 0 saturated carbocycles. The molecule has 8 nitrogen and oxygen atoms in total. The molecule has 0 spiro atoms. The summed E-state index contributed by atoms with van der Waals surface area (Å²) < 4.78 is 5.39. The van der Waals surface area contributed by atoms with Gasteiger partial charge in [0.2, 0.25) is 5.91 Å². The zero-order chi connectivity index (χ0) is 23.8. The van der Waals surface area contributed by atoms with E-state index in [0.29, 0.717) is 12.8 Å². The SMILES string of the molecule is C#CCCC(O)CNC(=O)C(CC(=O)O)NC(=O)OCC1c2ccccc2-c2ccccc21. The number of carboxylic acid groups (broad SMARTS) is 1. The molecular formula is C25H26N2O6. The highest BCUT2D eigenvalue weighted by Crippen LogP contribution is 2.44. The molecule has 172 valence electrons. The highest BCUT2D eigenvalue weighted by molar-refractivity contribution is 5.89. The second-order valence-electron chi connectivity index (χ2n) is 7.76. The zero-order valence-electron chi connectivity index (χ0n) is 18.0. The first-order valence-corrected chi connectivity index (χ1v) is 10.6. The number of alkyl carbamates (subject to hydrolysis) is 1. The molecule has 2 amide bonds. The Morgan fingerprint density at radius 3 is 2.24 bits per heavy atom. The van der Waals surface area contributed by atoms with Crippen molar-refractivity contribution in [3.63, 3.8) is 0 Å². The smallest absolute Gasteiger partial charge is 0.407 e. The maximum Gasteiger partial charge on any atom is 0.407 e. The van der Waals surface area contributed by atoms with Crippen LogP contribution in [0.25, 0.3) is 11.1 Å². The molecule has 0 aromatic heterocycles. The quantitative estimate of drug-likeness (QED) is 0.412. The number of terminal acetylenes is 1. The zero-order valence-corrected chi connectivity index (χ0v) is 18.0. The minimum absolute atomic E-state index is 0.0338. The summed E-state index contributed by atoms with van der Waals surface area (Å²) in [5.41, 5.74) is 4.22. The Hall–Kier alpha value is -3.83. The van der Waals surface area contributed by atoms with Gasteiger partial charge in [-0.3, -0.25) is 9.59 Å². The average Bonchev–Trinajstić information content (AvgIpc) is 3.13. The molecule has 0 heterocycles. The number of carbonyl (C=O) groups excluding carboxylic acids is 2. The van der Waals surface area contributed by atoms with Gasteiger partial charge in [0.15, 0.2) is 0 Å². The van der Waals surface area contributed by atoms with Gasteiger partial charge in [-0.1, -0.05) is 48.5 Å². The molecule has 2 aromatic rings. The number of hydrogen-bond donors (Lipinski definition) is 4. The number of carboxylic acids is 1. The van der Waals surface area contributed by atoms with Crippen molar-refractivity contribution in [1.29, 1.82) is 0 Å². The lowest BCUT2D eigenvalue weighted by atomic mass is 9.98. The van der Waals surface area contributed by atoms with Crippen molar-refractivity contribution in [3.8, 4) is 23.5 Å². The third-order valence-electron chi connectivity index (χ3n) is 5.46. The van der Waals surface area contributed by atoms with Crippen LogP contribution in [0.15, 0.2) is 48.5 Å². The van der Waals surface area contributed by atoms with Gasteiger partial charge in [0.25, 0.3) is 0 Å². The summed E-state index contributed by atoms with van der Waals surface area (Å²) in [5, 5.41) is 23.7. The number of nitrogens with one attached hydrogen (secondary N) is 2.